The van der Waals surface area contributed by atoms with E-state index in [0.717, 1.165) is 36.1 Å². The van der Waals surface area contributed by atoms with E-state index >= 15 is 0 Å². The van der Waals surface area contributed by atoms with E-state index in [9.17, 15) is 4.79 Å². The fourth-order valence-electron chi connectivity index (χ4n) is 3.95. The Kier molecular flexibility index (Phi) is 4.19. The van der Waals surface area contributed by atoms with Crippen molar-refractivity contribution in [2.75, 3.05) is 13.1 Å². The van der Waals surface area contributed by atoms with Gasteiger partial charge in [0.25, 0.3) is 5.78 Å². The van der Waals surface area contributed by atoms with Crippen molar-refractivity contribution < 1.29 is 4.79 Å². The predicted octanol–water partition coefficient (Wildman–Crippen LogP) is 1.67. The largest absolute Gasteiger partial charge is 0.342 e. The highest BCUT2D eigenvalue weighted by Crippen LogP contribution is 2.27. The van der Waals surface area contributed by atoms with Gasteiger partial charge in [0, 0.05) is 31.6 Å². The Bertz CT molecular complexity index is 1130. The first-order chi connectivity index (χ1) is 13.8. The van der Waals surface area contributed by atoms with E-state index < -0.39 is 0 Å². The van der Waals surface area contributed by atoms with Gasteiger partial charge in [-0.25, -0.2) is 14.2 Å². The molecular formula is C19H20N8O. The van der Waals surface area contributed by atoms with Crippen LogP contribution >= 0.6 is 0 Å². The van der Waals surface area contributed by atoms with Gasteiger partial charge in [-0.1, -0.05) is 17.3 Å². The maximum absolute atomic E-state index is 12.8. The Balaban J connectivity index is 1.28. The van der Waals surface area contributed by atoms with Crippen LogP contribution in [0.4, 0.5) is 0 Å². The van der Waals surface area contributed by atoms with Crippen LogP contribution in [0.2, 0.25) is 0 Å². The number of para-hydroxylation sites is 1. The number of carbonyl (C=O) groups excluding carboxylic acids is 1. The van der Waals surface area contributed by atoms with Crippen LogP contribution in [0, 0.1) is 0 Å². The highest BCUT2D eigenvalue weighted by Gasteiger charge is 2.26. The minimum Gasteiger partial charge on any atom is -0.342 e. The number of aryl methyl sites for hydroxylation is 1. The zero-order chi connectivity index (χ0) is 18.9. The molecule has 1 aliphatic rings. The second-order valence-corrected chi connectivity index (χ2v) is 7.07. The van der Waals surface area contributed by atoms with Crippen LogP contribution in [0.5, 0.6) is 0 Å². The van der Waals surface area contributed by atoms with E-state index in [4.69, 9.17) is 0 Å². The molecule has 0 N–H and O–H groups in total. The first-order valence-electron chi connectivity index (χ1n) is 9.50. The van der Waals surface area contributed by atoms with Crippen molar-refractivity contribution in [2.45, 2.75) is 31.7 Å². The van der Waals surface area contributed by atoms with Gasteiger partial charge in [0.15, 0.2) is 0 Å². The van der Waals surface area contributed by atoms with Crippen molar-refractivity contribution in [1.82, 2.24) is 39.5 Å². The zero-order valence-corrected chi connectivity index (χ0v) is 15.3. The molecule has 0 aliphatic carbocycles. The molecule has 1 aliphatic heterocycles. The summed E-state index contributed by atoms with van der Waals surface area (Å²) in [4.78, 5) is 23.2. The van der Waals surface area contributed by atoms with Crippen molar-refractivity contribution in [3.8, 4) is 0 Å². The van der Waals surface area contributed by atoms with E-state index in [-0.39, 0.29) is 11.8 Å². The number of benzene rings is 1. The third-order valence-electron chi connectivity index (χ3n) is 5.36. The summed E-state index contributed by atoms with van der Waals surface area (Å²) in [5.74, 6) is 0.976. The first kappa shape index (κ1) is 16.8. The van der Waals surface area contributed by atoms with Gasteiger partial charge in [0.2, 0.25) is 5.91 Å². The summed E-state index contributed by atoms with van der Waals surface area (Å²) in [5, 5.41) is 12.6. The molecule has 0 bridgehead atoms. The third-order valence-corrected chi connectivity index (χ3v) is 5.36. The summed E-state index contributed by atoms with van der Waals surface area (Å²) in [6.07, 6.45) is 5.68. The molecule has 142 valence electrons. The highest BCUT2D eigenvalue weighted by atomic mass is 16.2. The second kappa shape index (κ2) is 6.99. The summed E-state index contributed by atoms with van der Waals surface area (Å²) in [7, 11) is 0. The third kappa shape index (κ3) is 2.98. The van der Waals surface area contributed by atoms with Crippen LogP contribution in [-0.4, -0.2) is 58.5 Å². The van der Waals surface area contributed by atoms with Crippen molar-refractivity contribution in [2.24, 2.45) is 0 Å². The van der Waals surface area contributed by atoms with Crippen LogP contribution in [-0.2, 0) is 11.3 Å². The van der Waals surface area contributed by atoms with E-state index in [1.165, 1.54) is 6.33 Å². The molecule has 4 aromatic rings. The Morgan fingerprint density at radius 3 is 3.07 bits per heavy atom. The topological polar surface area (TPSA) is 94.1 Å². The van der Waals surface area contributed by atoms with Crippen LogP contribution in [0.1, 0.15) is 30.9 Å². The van der Waals surface area contributed by atoms with Gasteiger partial charge >= 0.3 is 0 Å². The Morgan fingerprint density at radius 2 is 2.11 bits per heavy atom. The van der Waals surface area contributed by atoms with Crippen molar-refractivity contribution in [1.29, 1.82) is 0 Å². The quantitative estimate of drug-likeness (QED) is 0.538. The molecule has 9 nitrogen and oxygen atoms in total. The van der Waals surface area contributed by atoms with Gasteiger partial charge in [-0.15, -0.1) is 5.10 Å². The molecule has 28 heavy (non-hydrogen) atoms. The highest BCUT2D eigenvalue weighted by molar-refractivity contribution is 5.77. The molecule has 1 amide bonds. The van der Waals surface area contributed by atoms with Gasteiger partial charge in [0.05, 0.1) is 17.8 Å². The molecule has 1 saturated heterocycles. The lowest BCUT2D eigenvalue weighted by Crippen LogP contribution is -2.40. The van der Waals surface area contributed by atoms with Crippen molar-refractivity contribution in [3.05, 3.63) is 48.5 Å². The number of rotatable bonds is 4. The van der Waals surface area contributed by atoms with Gasteiger partial charge in [0.1, 0.15) is 11.8 Å². The fourth-order valence-corrected chi connectivity index (χ4v) is 3.95. The summed E-state index contributed by atoms with van der Waals surface area (Å²) in [6.45, 7) is 2.01. The van der Waals surface area contributed by atoms with E-state index in [2.05, 4.69) is 25.4 Å². The number of aromatic nitrogens is 7. The minimum atomic E-state index is 0.146. The minimum absolute atomic E-state index is 0.146. The molecule has 3 aromatic heterocycles. The monoisotopic (exact) mass is 376 g/mol. The standard InChI is InChI=1S/C19H20N8O/c28-18(8-11-26-17-6-2-1-5-15(17)23-24-26)25-10-3-4-14(12-25)16-7-9-20-19-21-13-22-27(16)19/h1-2,5-7,9,13-14H,3-4,8,10-12H2/t14-/m1/s1. The SMILES string of the molecule is O=C(CCn1nnc2ccccc21)N1CCC[C@@H](c2ccnc3ncnn23)C1. The zero-order valence-electron chi connectivity index (χ0n) is 15.3. The van der Waals surface area contributed by atoms with Crippen LogP contribution in [0.25, 0.3) is 16.8 Å². The Labute approximate surface area is 161 Å². The molecule has 1 aromatic carbocycles. The molecule has 0 radical (unpaired) electrons. The van der Waals surface area contributed by atoms with Gasteiger partial charge in [-0.3, -0.25) is 4.79 Å². The number of likely N-dealkylation sites (tertiary alicyclic amines) is 1. The number of carbonyl (C=O) groups is 1. The molecule has 9 heteroatoms. The second-order valence-electron chi connectivity index (χ2n) is 7.07. The van der Waals surface area contributed by atoms with E-state index in [1.54, 1.807) is 15.4 Å². The molecule has 4 heterocycles. The molecule has 5 rings (SSSR count). The predicted molar refractivity (Wildman–Crippen MR) is 101 cm³/mol. The lowest BCUT2D eigenvalue weighted by atomic mass is 9.94. The van der Waals surface area contributed by atoms with Gasteiger partial charge < -0.3 is 4.90 Å². The molecule has 1 fully saturated rings. The van der Waals surface area contributed by atoms with E-state index in [0.29, 0.717) is 25.3 Å². The molecule has 0 saturated carbocycles. The molecule has 1 atom stereocenters. The van der Waals surface area contributed by atoms with E-state index in [1.807, 2.05) is 35.2 Å². The normalized spacial score (nSPS) is 17.4. The first-order valence-corrected chi connectivity index (χ1v) is 9.50. The summed E-state index contributed by atoms with van der Waals surface area (Å²) in [5.41, 5.74) is 2.86. The smallest absolute Gasteiger partial charge is 0.252 e. The number of piperidine rings is 1. The van der Waals surface area contributed by atoms with Crippen molar-refractivity contribution in [3.63, 3.8) is 0 Å². The summed E-state index contributed by atoms with van der Waals surface area (Å²) in [6, 6.07) is 9.77. The molecule has 0 unspecified atom stereocenters. The number of hydrogen-bond acceptors (Lipinski definition) is 6. The number of nitrogens with zero attached hydrogens (tertiary/aromatic N) is 8. The fraction of sp³-hybridized carbons (Fsp3) is 0.368. The number of hydrogen-bond donors (Lipinski definition) is 0. The Hall–Kier alpha value is -3.36. The maximum Gasteiger partial charge on any atom is 0.252 e. The average Bonchev–Trinajstić information content (AvgIpc) is 3.39. The van der Waals surface area contributed by atoms with Crippen LogP contribution < -0.4 is 0 Å². The number of fused-ring (bicyclic) bond motifs is 2. The number of amides is 1. The lowest BCUT2D eigenvalue weighted by molar-refractivity contribution is -0.132. The lowest BCUT2D eigenvalue weighted by Gasteiger charge is -2.33. The molecule has 0 spiro atoms. The maximum atomic E-state index is 12.8. The van der Waals surface area contributed by atoms with Crippen LogP contribution in [0.15, 0.2) is 42.9 Å². The molecular weight excluding hydrogens is 356 g/mol. The summed E-state index contributed by atoms with van der Waals surface area (Å²) < 4.78 is 3.58. The van der Waals surface area contributed by atoms with Crippen molar-refractivity contribution >= 4 is 22.7 Å². The van der Waals surface area contributed by atoms with Gasteiger partial charge in [-0.05, 0) is 31.0 Å². The summed E-state index contributed by atoms with van der Waals surface area (Å²) >= 11 is 0. The average molecular weight is 376 g/mol. The van der Waals surface area contributed by atoms with Gasteiger partial charge in [-0.2, -0.15) is 10.1 Å². The Morgan fingerprint density at radius 1 is 1.18 bits per heavy atom. The van der Waals surface area contributed by atoms with Crippen LogP contribution in [0.3, 0.4) is 0 Å².